The minimum absolute atomic E-state index is 0.262. The molecule has 1 aliphatic heterocycles. The summed E-state index contributed by atoms with van der Waals surface area (Å²) in [7, 11) is 0. The summed E-state index contributed by atoms with van der Waals surface area (Å²) >= 11 is 0. The lowest BCUT2D eigenvalue weighted by molar-refractivity contribution is 0.0899. The molecule has 0 aromatic heterocycles. The fourth-order valence-electron chi connectivity index (χ4n) is 2.39. The van der Waals surface area contributed by atoms with E-state index in [0.717, 1.165) is 30.1 Å². The largest absolute Gasteiger partial charge is 0.296 e. The fourth-order valence-corrected chi connectivity index (χ4v) is 2.39. The molecular formula is C15H21NO. The number of nitrogens with zero attached hydrogens (tertiary/aromatic N) is 1. The van der Waals surface area contributed by atoms with Gasteiger partial charge in [-0.25, -0.2) is 0 Å². The minimum Gasteiger partial charge on any atom is -0.296 e. The van der Waals surface area contributed by atoms with E-state index in [1.54, 1.807) is 0 Å². The van der Waals surface area contributed by atoms with Crippen LogP contribution in [0.15, 0.2) is 24.3 Å². The number of Topliss-reactive ketones (excluding diaryl/α,β-unsaturated/α-hetero) is 1. The van der Waals surface area contributed by atoms with E-state index in [-0.39, 0.29) is 5.78 Å². The molecule has 1 heterocycles. The van der Waals surface area contributed by atoms with Gasteiger partial charge in [0.1, 0.15) is 0 Å². The summed E-state index contributed by atoms with van der Waals surface area (Å²) in [5.41, 5.74) is 1.97. The van der Waals surface area contributed by atoms with Crippen LogP contribution in [0.4, 0.5) is 0 Å². The zero-order valence-electron chi connectivity index (χ0n) is 10.8. The topological polar surface area (TPSA) is 20.3 Å². The summed E-state index contributed by atoms with van der Waals surface area (Å²) in [5.74, 6) is 1.08. The van der Waals surface area contributed by atoms with Gasteiger partial charge in [-0.15, -0.1) is 0 Å². The van der Waals surface area contributed by atoms with Gasteiger partial charge in [0.25, 0.3) is 0 Å². The molecule has 2 rings (SSSR count). The molecule has 0 atom stereocenters. The monoisotopic (exact) mass is 231 g/mol. The maximum absolute atomic E-state index is 12.2. The van der Waals surface area contributed by atoms with E-state index in [1.165, 1.54) is 12.8 Å². The number of piperidine rings is 1. The number of ketones is 1. The van der Waals surface area contributed by atoms with Gasteiger partial charge >= 0.3 is 0 Å². The SMILES string of the molecule is Cc1ccccc1C(=O)CN1CCC(C)CC1. The third-order valence-corrected chi connectivity index (χ3v) is 3.69. The number of carbonyl (C=O) groups is 1. The van der Waals surface area contributed by atoms with Gasteiger partial charge in [0, 0.05) is 5.56 Å². The zero-order chi connectivity index (χ0) is 12.3. The maximum Gasteiger partial charge on any atom is 0.177 e. The van der Waals surface area contributed by atoms with Crippen molar-refractivity contribution in [3.63, 3.8) is 0 Å². The molecule has 0 spiro atoms. The van der Waals surface area contributed by atoms with Crippen LogP contribution in [0.3, 0.4) is 0 Å². The molecule has 1 aromatic carbocycles. The molecule has 1 aromatic rings. The van der Waals surface area contributed by atoms with Gasteiger partial charge in [-0.1, -0.05) is 31.2 Å². The molecule has 92 valence electrons. The number of hydrogen-bond acceptors (Lipinski definition) is 2. The second kappa shape index (κ2) is 5.46. The van der Waals surface area contributed by atoms with Crippen LogP contribution in [0.5, 0.6) is 0 Å². The van der Waals surface area contributed by atoms with E-state index in [4.69, 9.17) is 0 Å². The van der Waals surface area contributed by atoms with Crippen LogP contribution >= 0.6 is 0 Å². The Morgan fingerprint density at radius 3 is 2.59 bits per heavy atom. The number of likely N-dealkylation sites (tertiary alicyclic amines) is 1. The highest BCUT2D eigenvalue weighted by molar-refractivity contribution is 5.98. The number of aryl methyl sites for hydroxylation is 1. The van der Waals surface area contributed by atoms with E-state index in [0.29, 0.717) is 6.54 Å². The predicted molar refractivity (Wildman–Crippen MR) is 70.3 cm³/mol. The highest BCUT2D eigenvalue weighted by Gasteiger charge is 2.19. The molecule has 0 unspecified atom stereocenters. The Kier molecular flexibility index (Phi) is 3.95. The van der Waals surface area contributed by atoms with Crippen molar-refractivity contribution in [2.24, 2.45) is 5.92 Å². The summed E-state index contributed by atoms with van der Waals surface area (Å²) in [6.07, 6.45) is 2.45. The van der Waals surface area contributed by atoms with Crippen molar-refractivity contribution in [3.05, 3.63) is 35.4 Å². The first-order chi connectivity index (χ1) is 8.16. The molecular weight excluding hydrogens is 210 g/mol. The van der Waals surface area contributed by atoms with Crippen molar-refractivity contribution in [3.8, 4) is 0 Å². The summed E-state index contributed by atoms with van der Waals surface area (Å²) in [5, 5.41) is 0. The number of carbonyl (C=O) groups excluding carboxylic acids is 1. The fraction of sp³-hybridized carbons (Fsp3) is 0.533. The summed E-state index contributed by atoms with van der Waals surface area (Å²) in [6.45, 7) is 7.02. The molecule has 0 amide bonds. The van der Waals surface area contributed by atoms with E-state index in [9.17, 15) is 4.79 Å². The Morgan fingerprint density at radius 2 is 1.94 bits per heavy atom. The quantitative estimate of drug-likeness (QED) is 0.745. The standard InChI is InChI=1S/C15H21NO/c1-12-7-9-16(10-8-12)11-15(17)14-6-4-3-5-13(14)2/h3-6,12H,7-11H2,1-2H3. The molecule has 2 nitrogen and oxygen atoms in total. The van der Waals surface area contributed by atoms with Crippen LogP contribution < -0.4 is 0 Å². The summed E-state index contributed by atoms with van der Waals surface area (Å²) < 4.78 is 0. The van der Waals surface area contributed by atoms with Gasteiger partial charge in [-0.05, 0) is 44.3 Å². The van der Waals surface area contributed by atoms with Crippen molar-refractivity contribution >= 4 is 5.78 Å². The zero-order valence-corrected chi connectivity index (χ0v) is 10.8. The van der Waals surface area contributed by atoms with Crippen molar-refractivity contribution in [1.82, 2.24) is 4.90 Å². The van der Waals surface area contributed by atoms with Crippen molar-refractivity contribution < 1.29 is 4.79 Å². The second-order valence-corrected chi connectivity index (χ2v) is 5.20. The van der Waals surface area contributed by atoms with Gasteiger partial charge in [0.05, 0.1) is 6.54 Å². The lowest BCUT2D eigenvalue weighted by Gasteiger charge is -2.29. The lowest BCUT2D eigenvalue weighted by atomic mass is 9.98. The molecule has 0 aliphatic carbocycles. The lowest BCUT2D eigenvalue weighted by Crippen LogP contribution is -2.36. The van der Waals surface area contributed by atoms with Crippen LogP contribution in [-0.2, 0) is 0 Å². The van der Waals surface area contributed by atoms with Crippen LogP contribution in [0.2, 0.25) is 0 Å². The van der Waals surface area contributed by atoms with Crippen molar-refractivity contribution in [2.75, 3.05) is 19.6 Å². The first-order valence-corrected chi connectivity index (χ1v) is 6.48. The Morgan fingerprint density at radius 1 is 1.29 bits per heavy atom. The van der Waals surface area contributed by atoms with Gasteiger partial charge in [0.15, 0.2) is 5.78 Å². The van der Waals surface area contributed by atoms with Crippen molar-refractivity contribution in [2.45, 2.75) is 26.7 Å². The van der Waals surface area contributed by atoms with Gasteiger partial charge in [-0.2, -0.15) is 0 Å². The summed E-state index contributed by atoms with van der Waals surface area (Å²) in [4.78, 5) is 14.5. The molecule has 0 radical (unpaired) electrons. The Balaban J connectivity index is 1.96. The molecule has 17 heavy (non-hydrogen) atoms. The van der Waals surface area contributed by atoms with Crippen LogP contribution in [0, 0.1) is 12.8 Å². The minimum atomic E-state index is 0.262. The third-order valence-electron chi connectivity index (χ3n) is 3.69. The Bertz CT molecular complexity index is 392. The first kappa shape index (κ1) is 12.3. The molecule has 1 fully saturated rings. The Labute approximate surface area is 104 Å². The van der Waals surface area contributed by atoms with E-state index >= 15 is 0 Å². The molecule has 2 heteroatoms. The molecule has 0 N–H and O–H groups in total. The smallest absolute Gasteiger partial charge is 0.177 e. The maximum atomic E-state index is 12.2. The van der Waals surface area contributed by atoms with Crippen LogP contribution in [0.1, 0.15) is 35.7 Å². The third kappa shape index (κ3) is 3.16. The van der Waals surface area contributed by atoms with Crippen LogP contribution in [-0.4, -0.2) is 30.3 Å². The van der Waals surface area contributed by atoms with Gasteiger partial charge in [-0.3, -0.25) is 9.69 Å². The molecule has 1 aliphatic rings. The first-order valence-electron chi connectivity index (χ1n) is 6.48. The average Bonchev–Trinajstić information content (AvgIpc) is 2.32. The average molecular weight is 231 g/mol. The number of hydrogen-bond donors (Lipinski definition) is 0. The van der Waals surface area contributed by atoms with E-state index < -0.39 is 0 Å². The van der Waals surface area contributed by atoms with Crippen molar-refractivity contribution in [1.29, 1.82) is 0 Å². The van der Waals surface area contributed by atoms with E-state index in [1.807, 2.05) is 31.2 Å². The number of benzene rings is 1. The summed E-state index contributed by atoms with van der Waals surface area (Å²) in [6, 6.07) is 7.86. The highest BCUT2D eigenvalue weighted by Crippen LogP contribution is 2.17. The molecule has 0 saturated carbocycles. The van der Waals surface area contributed by atoms with Crippen LogP contribution in [0.25, 0.3) is 0 Å². The normalized spacial score (nSPS) is 18.2. The van der Waals surface area contributed by atoms with Gasteiger partial charge < -0.3 is 0 Å². The molecule has 1 saturated heterocycles. The van der Waals surface area contributed by atoms with E-state index in [2.05, 4.69) is 11.8 Å². The molecule has 0 bridgehead atoms. The predicted octanol–water partition coefficient (Wildman–Crippen LogP) is 2.91. The number of rotatable bonds is 3. The van der Waals surface area contributed by atoms with Gasteiger partial charge in [0.2, 0.25) is 0 Å². The Hall–Kier alpha value is -1.15. The highest BCUT2D eigenvalue weighted by atomic mass is 16.1. The second-order valence-electron chi connectivity index (χ2n) is 5.20.